The Balaban J connectivity index is 1.63. The zero-order valence-corrected chi connectivity index (χ0v) is 19.9. The SMILES string of the molecule is COc1ccccc1C(NC(=O)CCNC(=O)c1ccc(C(C)(C)C)cc1)c1nccn1C. The summed E-state index contributed by atoms with van der Waals surface area (Å²) in [5.41, 5.74) is 2.57. The molecule has 0 fully saturated rings. The molecule has 0 bridgehead atoms. The smallest absolute Gasteiger partial charge is 0.251 e. The summed E-state index contributed by atoms with van der Waals surface area (Å²) < 4.78 is 7.35. The minimum atomic E-state index is -0.478. The number of carbonyl (C=O) groups excluding carboxylic acids is 2. The van der Waals surface area contributed by atoms with Crippen LogP contribution >= 0.6 is 0 Å². The van der Waals surface area contributed by atoms with E-state index in [1.807, 2.05) is 66.3 Å². The second kappa shape index (κ2) is 10.3. The monoisotopic (exact) mass is 448 g/mol. The van der Waals surface area contributed by atoms with Gasteiger partial charge < -0.3 is 19.9 Å². The van der Waals surface area contributed by atoms with Crippen LogP contribution in [-0.2, 0) is 17.3 Å². The molecule has 1 aromatic heterocycles. The maximum atomic E-state index is 12.8. The molecule has 0 saturated heterocycles. The molecule has 3 rings (SSSR count). The van der Waals surface area contributed by atoms with Crippen LogP contribution in [0, 0.1) is 0 Å². The summed E-state index contributed by atoms with van der Waals surface area (Å²) in [4.78, 5) is 29.7. The quantitative estimate of drug-likeness (QED) is 0.550. The molecule has 0 aliphatic carbocycles. The summed E-state index contributed by atoms with van der Waals surface area (Å²) in [6.07, 6.45) is 3.66. The number of imidazole rings is 1. The van der Waals surface area contributed by atoms with Crippen LogP contribution in [0.4, 0.5) is 0 Å². The highest BCUT2D eigenvalue weighted by Gasteiger charge is 2.23. The first-order chi connectivity index (χ1) is 15.7. The molecule has 7 nitrogen and oxygen atoms in total. The third-order valence-corrected chi connectivity index (χ3v) is 5.52. The number of methoxy groups -OCH3 is 1. The van der Waals surface area contributed by atoms with Gasteiger partial charge in [0.15, 0.2) is 0 Å². The van der Waals surface area contributed by atoms with Gasteiger partial charge >= 0.3 is 0 Å². The van der Waals surface area contributed by atoms with E-state index in [4.69, 9.17) is 4.74 Å². The van der Waals surface area contributed by atoms with E-state index in [9.17, 15) is 9.59 Å². The van der Waals surface area contributed by atoms with Crippen LogP contribution in [0.1, 0.15) is 60.5 Å². The number of hydrogen-bond donors (Lipinski definition) is 2. The van der Waals surface area contributed by atoms with Gasteiger partial charge in [-0.3, -0.25) is 9.59 Å². The second-order valence-corrected chi connectivity index (χ2v) is 8.97. The van der Waals surface area contributed by atoms with Crippen LogP contribution < -0.4 is 15.4 Å². The van der Waals surface area contributed by atoms with Gasteiger partial charge in [-0.2, -0.15) is 0 Å². The molecule has 2 amide bonds. The van der Waals surface area contributed by atoms with Gasteiger partial charge in [0.1, 0.15) is 17.6 Å². The van der Waals surface area contributed by atoms with E-state index >= 15 is 0 Å². The van der Waals surface area contributed by atoms with E-state index in [-0.39, 0.29) is 30.2 Å². The molecule has 3 aromatic rings. The average molecular weight is 449 g/mol. The van der Waals surface area contributed by atoms with Gasteiger partial charge in [-0.05, 0) is 29.2 Å². The Morgan fingerprint density at radius 2 is 1.79 bits per heavy atom. The highest BCUT2D eigenvalue weighted by Crippen LogP contribution is 2.29. The fourth-order valence-corrected chi connectivity index (χ4v) is 3.59. The van der Waals surface area contributed by atoms with Gasteiger partial charge in [0.2, 0.25) is 5.91 Å². The number of ether oxygens (including phenoxy) is 1. The largest absolute Gasteiger partial charge is 0.496 e. The van der Waals surface area contributed by atoms with E-state index in [1.165, 1.54) is 0 Å². The first-order valence-electron chi connectivity index (χ1n) is 11.0. The van der Waals surface area contributed by atoms with E-state index < -0.39 is 6.04 Å². The lowest BCUT2D eigenvalue weighted by atomic mass is 9.87. The second-order valence-electron chi connectivity index (χ2n) is 8.97. The van der Waals surface area contributed by atoms with Gasteiger partial charge in [0.25, 0.3) is 5.91 Å². The lowest BCUT2D eigenvalue weighted by Gasteiger charge is -2.21. The molecule has 2 N–H and O–H groups in total. The first kappa shape index (κ1) is 24.0. The number of aromatic nitrogens is 2. The molecule has 1 unspecified atom stereocenters. The summed E-state index contributed by atoms with van der Waals surface area (Å²) in [7, 11) is 3.47. The molecule has 0 radical (unpaired) electrons. The number of nitrogens with zero attached hydrogens (tertiary/aromatic N) is 2. The summed E-state index contributed by atoms with van der Waals surface area (Å²) in [6.45, 7) is 6.61. The topological polar surface area (TPSA) is 85.2 Å². The van der Waals surface area contributed by atoms with Crippen LogP contribution in [-0.4, -0.2) is 35.0 Å². The van der Waals surface area contributed by atoms with E-state index in [2.05, 4.69) is 36.4 Å². The fourth-order valence-electron chi connectivity index (χ4n) is 3.59. The number of para-hydroxylation sites is 1. The Bertz CT molecular complexity index is 1100. The normalized spacial score (nSPS) is 12.2. The number of amides is 2. The summed E-state index contributed by atoms with van der Waals surface area (Å²) in [5.74, 6) is 0.958. The van der Waals surface area contributed by atoms with Crippen LogP contribution in [0.25, 0.3) is 0 Å². The van der Waals surface area contributed by atoms with Gasteiger partial charge in [-0.15, -0.1) is 0 Å². The van der Waals surface area contributed by atoms with E-state index in [0.29, 0.717) is 17.1 Å². The van der Waals surface area contributed by atoms with Crippen molar-refractivity contribution >= 4 is 11.8 Å². The lowest BCUT2D eigenvalue weighted by Crippen LogP contribution is -2.34. The molecule has 1 atom stereocenters. The van der Waals surface area contributed by atoms with Crippen LogP contribution in [0.2, 0.25) is 0 Å². The highest BCUT2D eigenvalue weighted by atomic mass is 16.5. The van der Waals surface area contributed by atoms with E-state index in [1.54, 1.807) is 13.3 Å². The van der Waals surface area contributed by atoms with Crippen LogP contribution in [0.15, 0.2) is 60.9 Å². The van der Waals surface area contributed by atoms with Crippen molar-refractivity contribution in [3.05, 3.63) is 83.4 Å². The van der Waals surface area contributed by atoms with E-state index in [0.717, 1.165) is 11.1 Å². The standard InChI is InChI=1S/C26H32N4O3/c1-26(2,3)19-12-10-18(11-13-19)25(32)28-15-14-22(31)29-23(24-27-16-17-30(24)4)20-8-6-7-9-21(20)33-5/h6-13,16-17,23H,14-15H2,1-5H3,(H,28,32)(H,29,31). The fraction of sp³-hybridized carbons (Fsp3) is 0.346. The third kappa shape index (κ3) is 6.00. The van der Waals surface area contributed by atoms with Gasteiger partial charge in [-0.1, -0.05) is 51.1 Å². The van der Waals surface area contributed by atoms with Crippen molar-refractivity contribution in [1.29, 1.82) is 0 Å². The molecule has 2 aromatic carbocycles. The first-order valence-corrected chi connectivity index (χ1v) is 11.0. The number of rotatable bonds is 8. The maximum absolute atomic E-state index is 12.8. The minimum Gasteiger partial charge on any atom is -0.496 e. The van der Waals surface area contributed by atoms with Crippen molar-refractivity contribution in [2.45, 2.75) is 38.6 Å². The molecule has 0 aliphatic rings. The molecule has 7 heteroatoms. The molecule has 0 aliphatic heterocycles. The number of aryl methyl sites for hydroxylation is 1. The Kier molecular flexibility index (Phi) is 7.53. The molecule has 1 heterocycles. The van der Waals surface area contributed by atoms with Gasteiger partial charge in [-0.25, -0.2) is 4.98 Å². The van der Waals surface area contributed by atoms with Crippen molar-refractivity contribution in [3.63, 3.8) is 0 Å². The number of nitrogens with one attached hydrogen (secondary N) is 2. The predicted molar refractivity (Wildman–Crippen MR) is 128 cm³/mol. The minimum absolute atomic E-state index is 0.0261. The van der Waals surface area contributed by atoms with Crippen molar-refractivity contribution in [2.75, 3.05) is 13.7 Å². The van der Waals surface area contributed by atoms with Crippen LogP contribution in [0.5, 0.6) is 5.75 Å². The van der Waals surface area contributed by atoms with Crippen molar-refractivity contribution in [3.8, 4) is 5.75 Å². The molecule has 174 valence electrons. The zero-order chi connectivity index (χ0) is 24.0. The molecular weight excluding hydrogens is 416 g/mol. The number of carbonyl (C=O) groups is 2. The molecule has 0 saturated carbocycles. The number of benzene rings is 2. The van der Waals surface area contributed by atoms with Gasteiger partial charge in [0.05, 0.1) is 7.11 Å². The van der Waals surface area contributed by atoms with Crippen molar-refractivity contribution < 1.29 is 14.3 Å². The van der Waals surface area contributed by atoms with Gasteiger partial charge in [0, 0.05) is 43.5 Å². The van der Waals surface area contributed by atoms with Crippen molar-refractivity contribution in [2.24, 2.45) is 7.05 Å². The zero-order valence-electron chi connectivity index (χ0n) is 19.9. The van der Waals surface area contributed by atoms with Crippen LogP contribution in [0.3, 0.4) is 0 Å². The molecule has 33 heavy (non-hydrogen) atoms. The lowest BCUT2D eigenvalue weighted by molar-refractivity contribution is -0.121. The summed E-state index contributed by atoms with van der Waals surface area (Å²) >= 11 is 0. The average Bonchev–Trinajstić information content (AvgIpc) is 3.22. The third-order valence-electron chi connectivity index (χ3n) is 5.52. The molecular formula is C26H32N4O3. The summed E-state index contributed by atoms with van der Waals surface area (Å²) in [6, 6.07) is 14.6. The Morgan fingerprint density at radius 3 is 2.39 bits per heavy atom. The number of hydrogen-bond acceptors (Lipinski definition) is 4. The molecule has 0 spiro atoms. The summed E-state index contributed by atoms with van der Waals surface area (Å²) in [5, 5.41) is 5.86. The Morgan fingerprint density at radius 1 is 1.09 bits per heavy atom. The Hall–Kier alpha value is -3.61. The maximum Gasteiger partial charge on any atom is 0.251 e. The predicted octanol–water partition coefficient (Wildman–Crippen LogP) is 3.75. The highest BCUT2D eigenvalue weighted by molar-refractivity contribution is 5.94. The Labute approximate surface area is 195 Å². The van der Waals surface area contributed by atoms with Crippen molar-refractivity contribution in [1.82, 2.24) is 20.2 Å².